The highest BCUT2D eigenvalue weighted by molar-refractivity contribution is 5.78. The second-order valence-corrected chi connectivity index (χ2v) is 6.44. The van der Waals surface area contributed by atoms with Gasteiger partial charge in [0.25, 0.3) is 5.91 Å². The number of carboxylic acid groups (broad SMARTS) is 1. The lowest BCUT2D eigenvalue weighted by molar-refractivity contribution is -0.140. The summed E-state index contributed by atoms with van der Waals surface area (Å²) in [6.07, 6.45) is 2.35. The van der Waals surface area contributed by atoms with Gasteiger partial charge in [0.2, 0.25) is 0 Å². The molecule has 1 saturated carbocycles. The first kappa shape index (κ1) is 14.9. The van der Waals surface area contributed by atoms with Gasteiger partial charge in [0.15, 0.2) is 6.61 Å². The molecule has 2 fully saturated rings. The van der Waals surface area contributed by atoms with Crippen molar-refractivity contribution in [2.45, 2.75) is 26.2 Å². The fraction of sp³-hybridized carbons (Fsp3) is 0.529. The molecular weight excluding hydrogens is 282 g/mol. The second-order valence-electron chi connectivity index (χ2n) is 6.44. The third kappa shape index (κ3) is 2.93. The van der Waals surface area contributed by atoms with Crippen LogP contribution in [0.5, 0.6) is 5.75 Å². The quantitative estimate of drug-likeness (QED) is 0.925. The number of ether oxygens (including phenoxy) is 1. The van der Waals surface area contributed by atoms with E-state index in [1.54, 1.807) is 4.90 Å². The molecule has 1 amide bonds. The van der Waals surface area contributed by atoms with Gasteiger partial charge in [0.1, 0.15) is 5.75 Å². The lowest BCUT2D eigenvalue weighted by Crippen LogP contribution is -2.42. The van der Waals surface area contributed by atoms with E-state index in [4.69, 9.17) is 9.84 Å². The van der Waals surface area contributed by atoms with Crippen molar-refractivity contribution in [3.05, 3.63) is 29.8 Å². The molecule has 1 aromatic carbocycles. The Labute approximate surface area is 129 Å². The third-order valence-electron chi connectivity index (χ3n) is 4.98. The third-order valence-corrected chi connectivity index (χ3v) is 4.98. The molecule has 3 rings (SSSR count). The Balaban J connectivity index is 1.46. The van der Waals surface area contributed by atoms with Crippen LogP contribution in [0, 0.1) is 18.3 Å². The number of benzene rings is 1. The number of rotatable bonds is 4. The largest absolute Gasteiger partial charge is 0.484 e. The number of aryl methyl sites for hydroxylation is 1. The van der Waals surface area contributed by atoms with Gasteiger partial charge in [0.05, 0.1) is 5.92 Å². The first-order chi connectivity index (χ1) is 10.5. The molecule has 1 N–H and O–H groups in total. The van der Waals surface area contributed by atoms with Crippen LogP contribution in [0.3, 0.4) is 0 Å². The molecule has 1 unspecified atom stereocenters. The molecule has 2 aliphatic rings. The van der Waals surface area contributed by atoms with Crippen molar-refractivity contribution in [2.24, 2.45) is 11.3 Å². The summed E-state index contributed by atoms with van der Waals surface area (Å²) in [5.74, 6) is -0.223. The highest BCUT2D eigenvalue weighted by atomic mass is 16.5. The molecule has 118 valence electrons. The van der Waals surface area contributed by atoms with Gasteiger partial charge in [-0.25, -0.2) is 0 Å². The molecule has 1 aromatic rings. The number of amides is 1. The molecule has 1 atom stereocenters. The molecule has 0 bridgehead atoms. The van der Waals surface area contributed by atoms with Crippen molar-refractivity contribution in [2.75, 3.05) is 19.7 Å². The average molecular weight is 303 g/mol. The zero-order valence-electron chi connectivity index (χ0n) is 12.7. The van der Waals surface area contributed by atoms with E-state index in [1.165, 1.54) is 0 Å². The summed E-state index contributed by atoms with van der Waals surface area (Å²) in [5, 5.41) is 9.08. The fourth-order valence-corrected chi connectivity index (χ4v) is 3.32. The van der Waals surface area contributed by atoms with Crippen molar-refractivity contribution in [1.82, 2.24) is 4.90 Å². The van der Waals surface area contributed by atoms with Crippen LogP contribution in [0.1, 0.15) is 24.8 Å². The zero-order chi connectivity index (χ0) is 15.7. The normalized spacial score (nSPS) is 22.4. The first-order valence-electron chi connectivity index (χ1n) is 7.70. The van der Waals surface area contributed by atoms with E-state index in [-0.39, 0.29) is 23.8 Å². The Morgan fingerprint density at radius 3 is 2.45 bits per heavy atom. The van der Waals surface area contributed by atoms with Crippen LogP contribution in [0.25, 0.3) is 0 Å². The maximum absolute atomic E-state index is 12.2. The Morgan fingerprint density at radius 1 is 1.27 bits per heavy atom. The molecule has 1 aliphatic carbocycles. The first-order valence-corrected chi connectivity index (χ1v) is 7.70. The van der Waals surface area contributed by atoms with Crippen molar-refractivity contribution in [3.8, 4) is 5.75 Å². The SMILES string of the molecule is Cc1ccc(OCC(=O)N2CCC3(CC2)CC3C(=O)O)cc1. The van der Waals surface area contributed by atoms with Gasteiger partial charge >= 0.3 is 5.97 Å². The highest BCUT2D eigenvalue weighted by Crippen LogP contribution is 2.59. The van der Waals surface area contributed by atoms with E-state index in [0.717, 1.165) is 24.8 Å². The monoisotopic (exact) mass is 303 g/mol. The smallest absolute Gasteiger partial charge is 0.307 e. The number of piperidine rings is 1. The molecule has 1 aliphatic heterocycles. The molecule has 1 spiro atoms. The number of hydrogen-bond donors (Lipinski definition) is 1. The molecule has 5 heteroatoms. The zero-order valence-corrected chi connectivity index (χ0v) is 12.7. The van der Waals surface area contributed by atoms with Gasteiger partial charge in [-0.05, 0) is 43.7 Å². The molecule has 1 saturated heterocycles. The number of likely N-dealkylation sites (tertiary alicyclic amines) is 1. The lowest BCUT2D eigenvalue weighted by Gasteiger charge is -2.32. The van der Waals surface area contributed by atoms with Crippen molar-refractivity contribution in [3.63, 3.8) is 0 Å². The average Bonchev–Trinajstić information content (AvgIpc) is 3.21. The molecule has 1 heterocycles. The number of aliphatic carboxylic acids is 1. The van der Waals surface area contributed by atoms with Crippen molar-refractivity contribution >= 4 is 11.9 Å². The van der Waals surface area contributed by atoms with Gasteiger partial charge in [-0.2, -0.15) is 0 Å². The molecule has 0 radical (unpaired) electrons. The maximum Gasteiger partial charge on any atom is 0.307 e. The minimum absolute atomic E-state index is 0.0250. The van der Waals surface area contributed by atoms with E-state index in [2.05, 4.69) is 0 Å². The molecule has 0 aromatic heterocycles. The highest BCUT2D eigenvalue weighted by Gasteiger charge is 2.59. The minimum atomic E-state index is -0.692. The van der Waals surface area contributed by atoms with Gasteiger partial charge in [-0.15, -0.1) is 0 Å². The van der Waals surface area contributed by atoms with Gasteiger partial charge < -0.3 is 14.7 Å². The van der Waals surface area contributed by atoms with Crippen molar-refractivity contribution < 1.29 is 19.4 Å². The molecule has 5 nitrogen and oxygen atoms in total. The predicted molar refractivity (Wildman–Crippen MR) is 80.7 cm³/mol. The number of carboxylic acids is 1. The van der Waals surface area contributed by atoms with E-state index in [1.807, 2.05) is 31.2 Å². The van der Waals surface area contributed by atoms with Crippen LogP contribution in [-0.4, -0.2) is 41.6 Å². The summed E-state index contributed by atoms with van der Waals surface area (Å²) in [6.45, 7) is 3.32. The summed E-state index contributed by atoms with van der Waals surface area (Å²) in [7, 11) is 0. The Kier molecular flexibility index (Phi) is 3.81. The van der Waals surface area contributed by atoms with Crippen LogP contribution in [0.4, 0.5) is 0 Å². The van der Waals surface area contributed by atoms with E-state index in [0.29, 0.717) is 18.8 Å². The van der Waals surface area contributed by atoms with Crippen LogP contribution < -0.4 is 4.74 Å². The summed E-state index contributed by atoms with van der Waals surface area (Å²) in [4.78, 5) is 25.0. The summed E-state index contributed by atoms with van der Waals surface area (Å²) in [6, 6.07) is 7.61. The fourth-order valence-electron chi connectivity index (χ4n) is 3.32. The lowest BCUT2D eigenvalue weighted by atomic mass is 9.91. The van der Waals surface area contributed by atoms with Crippen LogP contribution in [0.2, 0.25) is 0 Å². The Morgan fingerprint density at radius 2 is 1.91 bits per heavy atom. The van der Waals surface area contributed by atoms with Crippen molar-refractivity contribution in [1.29, 1.82) is 0 Å². The minimum Gasteiger partial charge on any atom is -0.484 e. The number of hydrogen-bond acceptors (Lipinski definition) is 3. The van der Waals surface area contributed by atoms with E-state index in [9.17, 15) is 9.59 Å². The summed E-state index contributed by atoms with van der Waals surface area (Å²) >= 11 is 0. The van der Waals surface area contributed by atoms with Crippen LogP contribution in [0.15, 0.2) is 24.3 Å². The topological polar surface area (TPSA) is 66.8 Å². The number of carbonyl (C=O) groups is 2. The van der Waals surface area contributed by atoms with Gasteiger partial charge in [-0.3, -0.25) is 9.59 Å². The van der Waals surface area contributed by atoms with Crippen LogP contribution >= 0.6 is 0 Å². The maximum atomic E-state index is 12.2. The van der Waals surface area contributed by atoms with Crippen LogP contribution in [-0.2, 0) is 9.59 Å². The Bertz CT molecular complexity index is 573. The second kappa shape index (κ2) is 5.63. The molecular formula is C17H21NO4. The molecule has 22 heavy (non-hydrogen) atoms. The van der Waals surface area contributed by atoms with E-state index >= 15 is 0 Å². The van der Waals surface area contributed by atoms with E-state index < -0.39 is 5.97 Å². The van der Waals surface area contributed by atoms with Gasteiger partial charge in [-0.1, -0.05) is 17.7 Å². The standard InChI is InChI=1S/C17H21NO4/c1-12-2-4-13(5-3-12)22-11-15(19)18-8-6-17(7-9-18)10-14(17)16(20)21/h2-5,14H,6-11H2,1H3,(H,20,21). The number of nitrogens with zero attached hydrogens (tertiary/aromatic N) is 1. The predicted octanol–water partition coefficient (Wildman–Crippen LogP) is 2.09. The Hall–Kier alpha value is -2.04. The van der Waals surface area contributed by atoms with Gasteiger partial charge in [0, 0.05) is 13.1 Å². The summed E-state index contributed by atoms with van der Waals surface area (Å²) < 4.78 is 5.52. The number of carbonyl (C=O) groups excluding carboxylic acids is 1. The summed E-state index contributed by atoms with van der Waals surface area (Å²) in [5.41, 5.74) is 1.11.